The van der Waals surface area contributed by atoms with Crippen LogP contribution in [0, 0.1) is 11.8 Å². The zero-order valence-corrected chi connectivity index (χ0v) is 10.3. The molecule has 0 amide bonds. The number of ether oxygens (including phenoxy) is 2. The first kappa shape index (κ1) is 12.5. The van der Waals surface area contributed by atoms with E-state index in [0.717, 1.165) is 6.42 Å². The third kappa shape index (κ3) is 2.71. The van der Waals surface area contributed by atoms with Crippen LogP contribution in [0.15, 0.2) is 0 Å². The van der Waals surface area contributed by atoms with E-state index < -0.39 is 0 Å². The van der Waals surface area contributed by atoms with Crippen LogP contribution < -0.4 is 0 Å². The minimum Gasteiger partial charge on any atom is -0.459 e. The van der Waals surface area contributed by atoms with Gasteiger partial charge in [-0.15, -0.1) is 0 Å². The lowest BCUT2D eigenvalue weighted by molar-refractivity contribution is -0.151. The summed E-state index contributed by atoms with van der Waals surface area (Å²) in [6.45, 7) is 9.88. The van der Waals surface area contributed by atoms with E-state index >= 15 is 0 Å². The predicted molar refractivity (Wildman–Crippen MR) is 58.5 cm³/mol. The normalized spacial score (nSPS) is 35.9. The molecule has 0 N–H and O–H groups in total. The molecule has 4 atom stereocenters. The second-order valence-corrected chi connectivity index (χ2v) is 4.72. The number of hydrogen-bond acceptors (Lipinski definition) is 3. The van der Waals surface area contributed by atoms with Crippen molar-refractivity contribution >= 4 is 5.97 Å². The first-order chi connectivity index (χ1) is 6.97. The lowest BCUT2D eigenvalue weighted by Crippen LogP contribution is -2.34. The van der Waals surface area contributed by atoms with Gasteiger partial charge in [-0.25, -0.2) is 0 Å². The number of carbonyl (C=O) groups is 1. The van der Waals surface area contributed by atoms with Gasteiger partial charge >= 0.3 is 5.97 Å². The molecule has 1 aliphatic rings. The number of hydrogen-bond donors (Lipinski definition) is 0. The molecule has 0 aromatic heterocycles. The molecule has 1 aliphatic heterocycles. The van der Waals surface area contributed by atoms with Crippen LogP contribution in [0.5, 0.6) is 0 Å². The van der Waals surface area contributed by atoms with Crippen LogP contribution in [-0.4, -0.2) is 24.3 Å². The summed E-state index contributed by atoms with van der Waals surface area (Å²) in [4.78, 5) is 11.0. The molecule has 0 radical (unpaired) electrons. The van der Waals surface area contributed by atoms with Crippen LogP contribution in [0.25, 0.3) is 0 Å². The second kappa shape index (κ2) is 4.97. The highest BCUT2D eigenvalue weighted by Gasteiger charge is 2.44. The molecule has 1 fully saturated rings. The Balaban J connectivity index is 2.74. The van der Waals surface area contributed by atoms with Crippen molar-refractivity contribution in [1.29, 1.82) is 0 Å². The minimum atomic E-state index is -0.210. The van der Waals surface area contributed by atoms with Gasteiger partial charge in [0, 0.05) is 12.8 Å². The lowest BCUT2D eigenvalue weighted by Gasteiger charge is -2.23. The summed E-state index contributed by atoms with van der Waals surface area (Å²) in [5.74, 6) is 0.470. The van der Waals surface area contributed by atoms with Crippen molar-refractivity contribution in [2.45, 2.75) is 59.4 Å². The van der Waals surface area contributed by atoms with Crippen molar-refractivity contribution in [3.63, 3.8) is 0 Å². The van der Waals surface area contributed by atoms with Crippen molar-refractivity contribution < 1.29 is 14.3 Å². The Hall–Kier alpha value is -0.570. The molecule has 1 heterocycles. The molecule has 0 aliphatic carbocycles. The van der Waals surface area contributed by atoms with Crippen LogP contribution in [-0.2, 0) is 14.3 Å². The Labute approximate surface area is 92.1 Å². The molecular weight excluding hydrogens is 192 g/mol. The van der Waals surface area contributed by atoms with E-state index in [9.17, 15) is 4.79 Å². The van der Waals surface area contributed by atoms with Crippen LogP contribution in [0.1, 0.15) is 41.0 Å². The average molecular weight is 214 g/mol. The van der Waals surface area contributed by atoms with Crippen molar-refractivity contribution in [3.8, 4) is 0 Å². The van der Waals surface area contributed by atoms with E-state index in [2.05, 4.69) is 27.7 Å². The summed E-state index contributed by atoms with van der Waals surface area (Å²) < 4.78 is 11.3. The van der Waals surface area contributed by atoms with Gasteiger partial charge in [-0.2, -0.15) is 0 Å². The summed E-state index contributed by atoms with van der Waals surface area (Å²) in [7, 11) is 0. The Morgan fingerprint density at radius 2 is 2.07 bits per heavy atom. The fraction of sp³-hybridized carbons (Fsp3) is 0.917. The van der Waals surface area contributed by atoms with Crippen LogP contribution in [0.3, 0.4) is 0 Å². The molecule has 1 rings (SSSR count). The van der Waals surface area contributed by atoms with E-state index in [-0.39, 0.29) is 24.3 Å². The van der Waals surface area contributed by atoms with Gasteiger partial charge in [0.2, 0.25) is 0 Å². The first-order valence-electron chi connectivity index (χ1n) is 5.80. The molecule has 1 saturated heterocycles. The predicted octanol–water partition coefficient (Wildman–Crippen LogP) is 2.39. The van der Waals surface area contributed by atoms with Crippen LogP contribution in [0.4, 0.5) is 0 Å². The standard InChI is InChI=1S/C12H22O3/c1-6-10-8(4)12(14-9(5)13)11(15-10)7(2)3/h7-8,10-12H,6H2,1-5H3/t8?,10-,11+,12?/m0/s1. The van der Waals surface area contributed by atoms with Crippen molar-refractivity contribution in [1.82, 2.24) is 0 Å². The maximum absolute atomic E-state index is 11.0. The summed E-state index contributed by atoms with van der Waals surface area (Å²) in [5.41, 5.74) is 0. The molecule has 0 saturated carbocycles. The lowest BCUT2D eigenvalue weighted by atomic mass is 9.92. The van der Waals surface area contributed by atoms with Crippen molar-refractivity contribution in [2.75, 3.05) is 0 Å². The maximum atomic E-state index is 11.0. The molecule has 0 aromatic rings. The summed E-state index contributed by atoms with van der Waals surface area (Å²) in [6, 6.07) is 0. The second-order valence-electron chi connectivity index (χ2n) is 4.72. The molecule has 0 bridgehead atoms. The zero-order chi connectivity index (χ0) is 11.6. The fourth-order valence-corrected chi connectivity index (χ4v) is 2.28. The largest absolute Gasteiger partial charge is 0.459 e. The average Bonchev–Trinajstić information content (AvgIpc) is 2.43. The van der Waals surface area contributed by atoms with E-state index in [1.807, 2.05) is 0 Å². The highest BCUT2D eigenvalue weighted by Crippen LogP contribution is 2.34. The smallest absolute Gasteiger partial charge is 0.303 e. The summed E-state index contributed by atoms with van der Waals surface area (Å²) in [5, 5.41) is 0. The van der Waals surface area contributed by atoms with Gasteiger partial charge in [-0.3, -0.25) is 4.79 Å². The van der Waals surface area contributed by atoms with Gasteiger partial charge in [-0.1, -0.05) is 27.7 Å². The van der Waals surface area contributed by atoms with E-state index in [4.69, 9.17) is 9.47 Å². The third-order valence-corrected chi connectivity index (χ3v) is 3.12. The molecule has 88 valence electrons. The zero-order valence-electron chi connectivity index (χ0n) is 10.3. The molecular formula is C12H22O3. The fourth-order valence-electron chi connectivity index (χ4n) is 2.28. The van der Waals surface area contributed by atoms with Gasteiger partial charge in [-0.05, 0) is 12.3 Å². The SMILES string of the molecule is CC[C@@H]1O[C@H](C(C)C)C(OC(C)=O)C1C. The van der Waals surface area contributed by atoms with Gasteiger partial charge in [0.1, 0.15) is 6.10 Å². The summed E-state index contributed by atoms with van der Waals surface area (Å²) >= 11 is 0. The Morgan fingerprint density at radius 3 is 2.47 bits per heavy atom. The highest BCUT2D eigenvalue weighted by atomic mass is 16.6. The number of carbonyl (C=O) groups excluding carboxylic acids is 1. The monoisotopic (exact) mass is 214 g/mol. The van der Waals surface area contributed by atoms with E-state index in [0.29, 0.717) is 11.8 Å². The molecule has 0 aromatic carbocycles. The van der Waals surface area contributed by atoms with Crippen LogP contribution >= 0.6 is 0 Å². The topological polar surface area (TPSA) is 35.5 Å². The van der Waals surface area contributed by atoms with Crippen molar-refractivity contribution in [2.24, 2.45) is 11.8 Å². The van der Waals surface area contributed by atoms with Crippen LogP contribution in [0.2, 0.25) is 0 Å². The highest BCUT2D eigenvalue weighted by molar-refractivity contribution is 5.66. The maximum Gasteiger partial charge on any atom is 0.303 e. The van der Waals surface area contributed by atoms with E-state index in [1.54, 1.807) is 0 Å². The molecule has 0 spiro atoms. The van der Waals surface area contributed by atoms with Gasteiger partial charge < -0.3 is 9.47 Å². The summed E-state index contributed by atoms with van der Waals surface area (Å²) in [6.07, 6.45) is 1.17. The molecule has 3 nitrogen and oxygen atoms in total. The number of rotatable bonds is 3. The number of esters is 1. The van der Waals surface area contributed by atoms with E-state index in [1.165, 1.54) is 6.92 Å². The third-order valence-electron chi connectivity index (χ3n) is 3.12. The van der Waals surface area contributed by atoms with Gasteiger partial charge in [0.15, 0.2) is 0 Å². The molecule has 3 heteroatoms. The Kier molecular flexibility index (Phi) is 4.14. The first-order valence-corrected chi connectivity index (χ1v) is 5.80. The molecule has 15 heavy (non-hydrogen) atoms. The molecule has 2 unspecified atom stereocenters. The Bertz CT molecular complexity index is 225. The quantitative estimate of drug-likeness (QED) is 0.677. The van der Waals surface area contributed by atoms with Crippen molar-refractivity contribution in [3.05, 3.63) is 0 Å². The minimum absolute atomic E-state index is 0.0499. The van der Waals surface area contributed by atoms with Gasteiger partial charge in [0.05, 0.1) is 12.2 Å². The van der Waals surface area contributed by atoms with Gasteiger partial charge in [0.25, 0.3) is 0 Å². The Morgan fingerprint density at radius 1 is 1.47 bits per heavy atom.